The van der Waals surface area contributed by atoms with Gasteiger partial charge in [-0.3, -0.25) is 4.98 Å². The Morgan fingerprint density at radius 3 is 2.59 bits per heavy atom. The van der Waals surface area contributed by atoms with Gasteiger partial charge in [-0.05, 0) is 30.3 Å². The molecule has 1 unspecified atom stereocenters. The molecule has 0 fully saturated rings. The molecule has 0 radical (unpaired) electrons. The number of aromatic nitrogens is 1. The lowest BCUT2D eigenvalue weighted by molar-refractivity contribution is 0.116. The van der Waals surface area contributed by atoms with Gasteiger partial charge in [-0.15, -0.1) is 0 Å². The third-order valence-electron chi connectivity index (χ3n) is 2.31. The fourth-order valence-electron chi connectivity index (χ4n) is 1.45. The van der Waals surface area contributed by atoms with Gasteiger partial charge in [-0.2, -0.15) is 0 Å². The molecule has 0 spiro atoms. The second kappa shape index (κ2) is 5.41. The summed E-state index contributed by atoms with van der Waals surface area (Å²) in [5.41, 5.74) is 0.777. The number of hydrogen-bond acceptors (Lipinski definition) is 3. The van der Waals surface area contributed by atoms with Crippen LogP contribution in [0.5, 0.6) is 5.75 Å². The van der Waals surface area contributed by atoms with Gasteiger partial charge >= 0.3 is 0 Å². The minimum atomic E-state index is -0.492. The van der Waals surface area contributed by atoms with E-state index >= 15 is 0 Å². The molecule has 0 aliphatic carbocycles. The Labute approximate surface area is 98.5 Å². The van der Waals surface area contributed by atoms with Gasteiger partial charge < -0.3 is 9.84 Å². The maximum Gasteiger partial charge on any atom is 0.148 e. The molecule has 0 amide bonds. The van der Waals surface area contributed by atoms with Crippen molar-refractivity contribution in [3.05, 3.63) is 60.2 Å². The zero-order chi connectivity index (χ0) is 12.1. The van der Waals surface area contributed by atoms with Crippen molar-refractivity contribution in [2.75, 3.05) is 6.61 Å². The van der Waals surface area contributed by atoms with Crippen molar-refractivity contribution >= 4 is 0 Å². The summed E-state index contributed by atoms with van der Waals surface area (Å²) in [6.45, 7) is -0.164. The highest BCUT2D eigenvalue weighted by atomic mass is 19.1. The largest absolute Gasteiger partial charge is 0.483 e. The molecular weight excluding hydrogens is 221 g/mol. The molecule has 0 saturated carbocycles. The van der Waals surface area contributed by atoms with Crippen molar-refractivity contribution in [3.63, 3.8) is 0 Å². The lowest BCUT2D eigenvalue weighted by Gasteiger charge is -2.16. The first-order valence-corrected chi connectivity index (χ1v) is 5.22. The van der Waals surface area contributed by atoms with Crippen LogP contribution in [0.3, 0.4) is 0 Å². The molecule has 4 heteroatoms. The SMILES string of the molecule is OCC(Oc1ccc(F)cc1)c1cccnc1. The minimum absolute atomic E-state index is 0.164. The van der Waals surface area contributed by atoms with E-state index in [0.29, 0.717) is 5.75 Å². The summed E-state index contributed by atoms with van der Waals surface area (Å²) in [5, 5.41) is 9.27. The fraction of sp³-hybridized carbons (Fsp3) is 0.154. The topological polar surface area (TPSA) is 42.4 Å². The molecule has 2 rings (SSSR count). The summed E-state index contributed by atoms with van der Waals surface area (Å²) in [6.07, 6.45) is 2.79. The Hall–Kier alpha value is -1.94. The van der Waals surface area contributed by atoms with Crippen LogP contribution in [0.15, 0.2) is 48.8 Å². The second-order valence-corrected chi connectivity index (χ2v) is 3.53. The van der Waals surface area contributed by atoms with Gasteiger partial charge in [0.1, 0.15) is 17.7 Å². The lowest BCUT2D eigenvalue weighted by Crippen LogP contribution is -2.12. The van der Waals surface area contributed by atoms with Crippen molar-refractivity contribution in [3.8, 4) is 5.75 Å². The van der Waals surface area contributed by atoms with E-state index in [0.717, 1.165) is 5.56 Å². The van der Waals surface area contributed by atoms with Crippen molar-refractivity contribution in [2.24, 2.45) is 0 Å². The molecule has 0 aliphatic rings. The lowest BCUT2D eigenvalue weighted by atomic mass is 10.2. The molecule has 0 bridgehead atoms. The highest BCUT2D eigenvalue weighted by Gasteiger charge is 2.12. The van der Waals surface area contributed by atoms with Crippen LogP contribution in [0.2, 0.25) is 0 Å². The number of pyridine rings is 1. The summed E-state index contributed by atoms with van der Waals surface area (Å²) >= 11 is 0. The van der Waals surface area contributed by atoms with Crippen LogP contribution in [0.25, 0.3) is 0 Å². The molecule has 0 aliphatic heterocycles. The van der Waals surface area contributed by atoms with Gasteiger partial charge in [0.05, 0.1) is 6.61 Å². The van der Waals surface area contributed by atoms with Gasteiger partial charge in [0.25, 0.3) is 0 Å². The summed E-state index contributed by atoms with van der Waals surface area (Å²) in [6, 6.07) is 9.26. The Balaban J connectivity index is 2.13. The summed E-state index contributed by atoms with van der Waals surface area (Å²) in [7, 11) is 0. The zero-order valence-electron chi connectivity index (χ0n) is 9.08. The van der Waals surface area contributed by atoms with Crippen molar-refractivity contribution < 1.29 is 14.2 Å². The predicted molar refractivity (Wildman–Crippen MR) is 61.1 cm³/mol. The van der Waals surface area contributed by atoms with Gasteiger partial charge in [-0.1, -0.05) is 6.07 Å². The number of nitrogens with zero attached hydrogens (tertiary/aromatic N) is 1. The van der Waals surface area contributed by atoms with Crippen LogP contribution in [0.1, 0.15) is 11.7 Å². The molecule has 2 aromatic rings. The Bertz CT molecular complexity index is 459. The Morgan fingerprint density at radius 1 is 1.24 bits per heavy atom. The Morgan fingerprint density at radius 2 is 2.00 bits per heavy atom. The summed E-state index contributed by atoms with van der Waals surface area (Å²) < 4.78 is 18.3. The monoisotopic (exact) mass is 233 g/mol. The second-order valence-electron chi connectivity index (χ2n) is 3.53. The van der Waals surface area contributed by atoms with Crippen LogP contribution < -0.4 is 4.74 Å². The first-order valence-electron chi connectivity index (χ1n) is 5.22. The normalized spacial score (nSPS) is 12.1. The van der Waals surface area contributed by atoms with E-state index in [1.54, 1.807) is 18.5 Å². The van der Waals surface area contributed by atoms with Crippen LogP contribution in [-0.4, -0.2) is 16.7 Å². The molecule has 1 aromatic carbocycles. The molecular formula is C13H12FNO2. The van der Waals surface area contributed by atoms with Crippen LogP contribution in [-0.2, 0) is 0 Å². The maximum atomic E-state index is 12.7. The van der Waals surface area contributed by atoms with Gasteiger partial charge in [0.2, 0.25) is 0 Å². The van der Waals surface area contributed by atoms with Gasteiger partial charge in [-0.25, -0.2) is 4.39 Å². The molecule has 3 nitrogen and oxygen atoms in total. The van der Waals surface area contributed by atoms with E-state index < -0.39 is 6.10 Å². The van der Waals surface area contributed by atoms with E-state index in [1.807, 2.05) is 6.07 Å². The third-order valence-corrected chi connectivity index (χ3v) is 2.31. The van der Waals surface area contributed by atoms with Crippen molar-refractivity contribution in [1.82, 2.24) is 4.98 Å². The molecule has 0 saturated heterocycles. The van der Waals surface area contributed by atoms with E-state index in [-0.39, 0.29) is 12.4 Å². The third kappa shape index (κ3) is 3.01. The van der Waals surface area contributed by atoms with E-state index in [2.05, 4.69) is 4.98 Å². The van der Waals surface area contributed by atoms with Gasteiger partial charge in [0, 0.05) is 18.0 Å². The number of halogens is 1. The number of ether oxygens (including phenoxy) is 1. The van der Waals surface area contributed by atoms with E-state index in [9.17, 15) is 9.50 Å². The average Bonchev–Trinajstić information content (AvgIpc) is 2.39. The number of hydrogen-bond donors (Lipinski definition) is 1. The van der Waals surface area contributed by atoms with Crippen LogP contribution in [0, 0.1) is 5.82 Å². The number of aliphatic hydroxyl groups is 1. The number of aliphatic hydroxyl groups excluding tert-OH is 1. The predicted octanol–water partition coefficient (Wildman–Crippen LogP) is 2.33. The molecule has 1 aromatic heterocycles. The van der Waals surface area contributed by atoms with Crippen LogP contribution in [0.4, 0.5) is 4.39 Å². The average molecular weight is 233 g/mol. The highest BCUT2D eigenvalue weighted by molar-refractivity contribution is 5.24. The first-order chi connectivity index (χ1) is 8.29. The number of benzene rings is 1. The van der Waals surface area contributed by atoms with Crippen LogP contribution >= 0.6 is 0 Å². The van der Waals surface area contributed by atoms with Crippen molar-refractivity contribution in [1.29, 1.82) is 0 Å². The minimum Gasteiger partial charge on any atom is -0.483 e. The van der Waals surface area contributed by atoms with E-state index in [4.69, 9.17) is 4.74 Å². The van der Waals surface area contributed by atoms with E-state index in [1.165, 1.54) is 24.3 Å². The quantitative estimate of drug-likeness (QED) is 0.881. The fourth-order valence-corrected chi connectivity index (χ4v) is 1.45. The molecule has 1 N–H and O–H groups in total. The molecule has 88 valence electrons. The van der Waals surface area contributed by atoms with Gasteiger partial charge in [0.15, 0.2) is 0 Å². The maximum absolute atomic E-state index is 12.7. The molecule has 1 heterocycles. The highest BCUT2D eigenvalue weighted by Crippen LogP contribution is 2.21. The first kappa shape index (κ1) is 11.5. The summed E-state index contributed by atoms with van der Waals surface area (Å²) in [5.74, 6) is 0.188. The Kier molecular flexibility index (Phi) is 3.67. The standard InChI is InChI=1S/C13H12FNO2/c14-11-3-5-12(6-4-11)17-13(9-16)10-2-1-7-15-8-10/h1-8,13,16H,9H2. The molecule has 1 atom stereocenters. The molecule has 17 heavy (non-hydrogen) atoms. The van der Waals surface area contributed by atoms with Crippen molar-refractivity contribution in [2.45, 2.75) is 6.10 Å². The zero-order valence-corrected chi connectivity index (χ0v) is 9.08. The number of rotatable bonds is 4. The summed E-state index contributed by atoms with van der Waals surface area (Å²) in [4.78, 5) is 3.96. The smallest absolute Gasteiger partial charge is 0.148 e.